The third-order valence-electron chi connectivity index (χ3n) is 3.00. The van der Waals surface area contributed by atoms with Gasteiger partial charge in [0.2, 0.25) is 5.91 Å². The van der Waals surface area contributed by atoms with Gasteiger partial charge in [0.05, 0.1) is 13.2 Å². The predicted octanol–water partition coefficient (Wildman–Crippen LogP) is 0.525. The zero-order valence-electron chi connectivity index (χ0n) is 9.82. The fraction of sp³-hybridized carbons (Fsp3) is 0.750. The van der Waals surface area contributed by atoms with Gasteiger partial charge in [-0.25, -0.2) is 0 Å². The van der Waals surface area contributed by atoms with E-state index in [9.17, 15) is 9.90 Å². The summed E-state index contributed by atoms with van der Waals surface area (Å²) in [6.45, 7) is 5.51. The van der Waals surface area contributed by atoms with Crippen LogP contribution < -0.4 is 5.32 Å². The zero-order chi connectivity index (χ0) is 11.8. The van der Waals surface area contributed by atoms with Crippen LogP contribution in [-0.4, -0.2) is 48.2 Å². The molecule has 2 N–H and O–H groups in total. The van der Waals surface area contributed by atoms with E-state index in [0.29, 0.717) is 13.1 Å². The molecule has 0 aliphatic carbocycles. The molecule has 0 bridgehead atoms. The highest BCUT2D eigenvalue weighted by atomic mass is 16.3. The summed E-state index contributed by atoms with van der Waals surface area (Å²) < 4.78 is 0. The van der Waals surface area contributed by atoms with Gasteiger partial charge in [0.1, 0.15) is 0 Å². The van der Waals surface area contributed by atoms with Crippen molar-refractivity contribution in [2.24, 2.45) is 0 Å². The van der Waals surface area contributed by atoms with E-state index in [1.807, 2.05) is 0 Å². The van der Waals surface area contributed by atoms with Crippen LogP contribution in [0.25, 0.3) is 0 Å². The van der Waals surface area contributed by atoms with Crippen molar-refractivity contribution in [3.63, 3.8) is 0 Å². The quantitative estimate of drug-likeness (QED) is 0.672. The van der Waals surface area contributed by atoms with Crippen molar-refractivity contribution < 1.29 is 9.90 Å². The van der Waals surface area contributed by atoms with Gasteiger partial charge in [-0.3, -0.25) is 9.69 Å². The van der Waals surface area contributed by atoms with Gasteiger partial charge in [0.15, 0.2) is 0 Å². The molecule has 1 saturated heterocycles. The fourth-order valence-corrected chi connectivity index (χ4v) is 2.08. The normalized spacial score (nSPS) is 22.4. The number of hydrogen-bond acceptors (Lipinski definition) is 3. The second-order valence-electron chi connectivity index (χ2n) is 4.25. The van der Waals surface area contributed by atoms with Crippen molar-refractivity contribution in [3.8, 4) is 0 Å². The Morgan fingerprint density at radius 3 is 3.00 bits per heavy atom. The van der Waals surface area contributed by atoms with Crippen LogP contribution in [0.4, 0.5) is 0 Å². The van der Waals surface area contributed by atoms with E-state index in [-0.39, 0.29) is 18.6 Å². The Morgan fingerprint density at radius 1 is 1.50 bits per heavy atom. The Morgan fingerprint density at radius 2 is 2.31 bits per heavy atom. The SMILES string of the molecule is C=CCNC(=O)CN1CCCCCC1CO. The number of aliphatic hydroxyl groups excluding tert-OH is 1. The highest BCUT2D eigenvalue weighted by Crippen LogP contribution is 2.15. The summed E-state index contributed by atoms with van der Waals surface area (Å²) >= 11 is 0. The Labute approximate surface area is 97.3 Å². The summed E-state index contributed by atoms with van der Waals surface area (Å²) in [7, 11) is 0. The van der Waals surface area contributed by atoms with Crippen molar-refractivity contribution in [3.05, 3.63) is 12.7 Å². The van der Waals surface area contributed by atoms with Gasteiger partial charge in [-0.1, -0.05) is 18.9 Å². The highest BCUT2D eigenvalue weighted by Gasteiger charge is 2.21. The largest absolute Gasteiger partial charge is 0.395 e. The topological polar surface area (TPSA) is 52.6 Å². The first-order chi connectivity index (χ1) is 7.77. The van der Waals surface area contributed by atoms with E-state index in [2.05, 4.69) is 16.8 Å². The molecule has 92 valence electrons. The van der Waals surface area contributed by atoms with Crippen molar-refractivity contribution >= 4 is 5.91 Å². The molecular weight excluding hydrogens is 204 g/mol. The number of amides is 1. The minimum atomic E-state index is 0.0141. The van der Waals surface area contributed by atoms with Crippen LogP contribution in [0.2, 0.25) is 0 Å². The minimum absolute atomic E-state index is 0.0141. The third kappa shape index (κ3) is 4.33. The van der Waals surface area contributed by atoms with Crippen LogP contribution in [0.15, 0.2) is 12.7 Å². The van der Waals surface area contributed by atoms with E-state index < -0.39 is 0 Å². The fourth-order valence-electron chi connectivity index (χ4n) is 2.08. The molecule has 1 atom stereocenters. The van der Waals surface area contributed by atoms with Gasteiger partial charge in [-0.2, -0.15) is 0 Å². The smallest absolute Gasteiger partial charge is 0.234 e. The molecular formula is C12H22N2O2. The summed E-state index contributed by atoms with van der Waals surface area (Å²) in [5.74, 6) is 0.0141. The van der Waals surface area contributed by atoms with Crippen LogP contribution in [-0.2, 0) is 4.79 Å². The summed E-state index contributed by atoms with van der Waals surface area (Å²) in [5.41, 5.74) is 0. The molecule has 1 amide bonds. The maximum absolute atomic E-state index is 11.6. The number of hydrogen-bond donors (Lipinski definition) is 2. The first-order valence-electron chi connectivity index (χ1n) is 6.00. The molecule has 1 aliphatic rings. The lowest BCUT2D eigenvalue weighted by Crippen LogP contribution is -2.44. The lowest BCUT2D eigenvalue weighted by Gasteiger charge is -2.27. The second kappa shape index (κ2) is 7.41. The molecule has 1 fully saturated rings. The van der Waals surface area contributed by atoms with Crippen LogP contribution in [0, 0.1) is 0 Å². The molecule has 0 radical (unpaired) electrons. The maximum Gasteiger partial charge on any atom is 0.234 e. The van der Waals surface area contributed by atoms with Gasteiger partial charge < -0.3 is 10.4 Å². The number of carbonyl (C=O) groups excluding carboxylic acids is 1. The summed E-state index contributed by atoms with van der Waals surface area (Å²) in [6.07, 6.45) is 6.12. The van der Waals surface area contributed by atoms with Crippen LogP contribution in [0.1, 0.15) is 25.7 Å². The second-order valence-corrected chi connectivity index (χ2v) is 4.25. The highest BCUT2D eigenvalue weighted by molar-refractivity contribution is 5.78. The molecule has 1 aliphatic heterocycles. The van der Waals surface area contributed by atoms with Crippen LogP contribution >= 0.6 is 0 Å². The number of aliphatic hydroxyl groups is 1. The lowest BCUT2D eigenvalue weighted by molar-refractivity contribution is -0.122. The van der Waals surface area contributed by atoms with Gasteiger partial charge in [0.25, 0.3) is 0 Å². The molecule has 4 nitrogen and oxygen atoms in total. The van der Waals surface area contributed by atoms with Crippen molar-refractivity contribution in [1.82, 2.24) is 10.2 Å². The molecule has 0 saturated carbocycles. The summed E-state index contributed by atoms with van der Waals surface area (Å²) in [4.78, 5) is 13.7. The lowest BCUT2D eigenvalue weighted by atomic mass is 10.1. The average molecular weight is 226 g/mol. The molecule has 1 heterocycles. The average Bonchev–Trinajstić information content (AvgIpc) is 2.51. The Kier molecular flexibility index (Phi) is 6.11. The van der Waals surface area contributed by atoms with Crippen molar-refractivity contribution in [2.45, 2.75) is 31.7 Å². The van der Waals surface area contributed by atoms with Crippen LogP contribution in [0.3, 0.4) is 0 Å². The number of nitrogens with one attached hydrogen (secondary N) is 1. The molecule has 4 heteroatoms. The Hall–Kier alpha value is -0.870. The maximum atomic E-state index is 11.6. The number of carbonyl (C=O) groups is 1. The monoisotopic (exact) mass is 226 g/mol. The van der Waals surface area contributed by atoms with E-state index >= 15 is 0 Å². The zero-order valence-corrected chi connectivity index (χ0v) is 9.82. The predicted molar refractivity (Wildman–Crippen MR) is 64.1 cm³/mol. The Balaban J connectivity index is 2.41. The Bertz CT molecular complexity index is 231. The molecule has 1 unspecified atom stereocenters. The molecule has 0 aromatic rings. The number of nitrogens with zero attached hydrogens (tertiary/aromatic N) is 1. The third-order valence-corrected chi connectivity index (χ3v) is 3.00. The van der Waals surface area contributed by atoms with E-state index in [1.54, 1.807) is 6.08 Å². The molecule has 0 aromatic carbocycles. The van der Waals surface area contributed by atoms with Gasteiger partial charge in [-0.05, 0) is 19.4 Å². The number of likely N-dealkylation sites (tertiary alicyclic amines) is 1. The molecule has 0 spiro atoms. The molecule has 1 rings (SSSR count). The van der Waals surface area contributed by atoms with Gasteiger partial charge in [0, 0.05) is 12.6 Å². The van der Waals surface area contributed by atoms with E-state index in [4.69, 9.17) is 0 Å². The van der Waals surface area contributed by atoms with Crippen molar-refractivity contribution in [2.75, 3.05) is 26.2 Å². The first-order valence-corrected chi connectivity index (χ1v) is 6.00. The minimum Gasteiger partial charge on any atom is -0.395 e. The van der Waals surface area contributed by atoms with Gasteiger partial charge in [-0.15, -0.1) is 6.58 Å². The summed E-state index contributed by atoms with van der Waals surface area (Å²) in [5, 5.41) is 12.1. The molecule has 16 heavy (non-hydrogen) atoms. The van der Waals surface area contributed by atoms with Gasteiger partial charge >= 0.3 is 0 Å². The first kappa shape index (κ1) is 13.2. The standard InChI is InChI=1S/C12H22N2O2/c1-2-7-13-12(16)9-14-8-5-3-4-6-11(14)10-15/h2,11,15H,1,3-10H2,(H,13,16). The van der Waals surface area contributed by atoms with E-state index in [0.717, 1.165) is 25.8 Å². The number of rotatable bonds is 5. The van der Waals surface area contributed by atoms with Crippen molar-refractivity contribution in [1.29, 1.82) is 0 Å². The van der Waals surface area contributed by atoms with Crippen LogP contribution in [0.5, 0.6) is 0 Å². The summed E-state index contributed by atoms with van der Waals surface area (Å²) in [6, 6.07) is 0.150. The van der Waals surface area contributed by atoms with E-state index in [1.165, 1.54) is 6.42 Å². The molecule has 0 aromatic heterocycles.